The maximum absolute atomic E-state index is 13.4. The first-order chi connectivity index (χ1) is 10.6. The summed E-state index contributed by atoms with van der Waals surface area (Å²) in [6, 6.07) is 8.32. The van der Waals surface area contributed by atoms with E-state index in [1.165, 1.54) is 6.07 Å². The highest BCUT2D eigenvalue weighted by Gasteiger charge is 2.11. The second-order valence-electron chi connectivity index (χ2n) is 4.82. The Morgan fingerprint density at radius 2 is 2.00 bits per heavy atom. The van der Waals surface area contributed by atoms with E-state index in [1.807, 2.05) is 6.07 Å². The van der Waals surface area contributed by atoms with E-state index in [-0.39, 0.29) is 5.02 Å². The number of benzene rings is 1. The van der Waals surface area contributed by atoms with Crippen LogP contribution in [-0.4, -0.2) is 9.97 Å². The number of fused-ring (bicyclic) bond motifs is 1. The van der Waals surface area contributed by atoms with E-state index in [0.717, 1.165) is 22.2 Å². The third kappa shape index (κ3) is 2.82. The first kappa shape index (κ1) is 14.9. The molecule has 0 unspecified atom stereocenters. The van der Waals surface area contributed by atoms with Crippen LogP contribution in [0.4, 0.5) is 4.39 Å². The average molecular weight is 333 g/mol. The van der Waals surface area contributed by atoms with Crippen LogP contribution < -0.4 is 0 Å². The van der Waals surface area contributed by atoms with Gasteiger partial charge in [-0.05, 0) is 42.3 Å². The van der Waals surface area contributed by atoms with Gasteiger partial charge in [0, 0.05) is 10.9 Å². The molecule has 3 rings (SSSR count). The van der Waals surface area contributed by atoms with E-state index in [1.54, 1.807) is 30.5 Å². The topological polar surface area (TPSA) is 25.8 Å². The third-order valence-electron chi connectivity index (χ3n) is 3.30. The van der Waals surface area contributed by atoms with Crippen LogP contribution in [0.3, 0.4) is 0 Å². The monoisotopic (exact) mass is 332 g/mol. The molecule has 0 fully saturated rings. The molecular weight excluding hydrogens is 322 g/mol. The SMILES string of the molecule is C=CCc1cc2cc(Cl)ncc2nc1-c1ccc(F)c(Cl)c1. The highest BCUT2D eigenvalue weighted by atomic mass is 35.5. The summed E-state index contributed by atoms with van der Waals surface area (Å²) < 4.78 is 13.4. The fourth-order valence-electron chi connectivity index (χ4n) is 2.30. The van der Waals surface area contributed by atoms with Crippen molar-refractivity contribution >= 4 is 34.1 Å². The molecule has 1 aromatic carbocycles. The van der Waals surface area contributed by atoms with E-state index >= 15 is 0 Å². The van der Waals surface area contributed by atoms with Crippen molar-refractivity contribution in [3.05, 3.63) is 70.7 Å². The number of allylic oxidation sites excluding steroid dienone is 1. The molecule has 5 heteroatoms. The summed E-state index contributed by atoms with van der Waals surface area (Å²) in [6.07, 6.45) is 4.04. The van der Waals surface area contributed by atoms with Gasteiger partial charge >= 0.3 is 0 Å². The molecule has 0 aliphatic rings. The van der Waals surface area contributed by atoms with Gasteiger partial charge in [0.15, 0.2) is 0 Å². The number of rotatable bonds is 3. The molecule has 0 saturated heterocycles. The number of pyridine rings is 2. The van der Waals surface area contributed by atoms with Gasteiger partial charge in [0.05, 0.1) is 22.4 Å². The molecule has 3 aromatic rings. The Morgan fingerprint density at radius 1 is 1.18 bits per heavy atom. The van der Waals surface area contributed by atoms with Crippen LogP contribution in [0.25, 0.3) is 22.2 Å². The summed E-state index contributed by atoms with van der Waals surface area (Å²) in [6.45, 7) is 3.77. The van der Waals surface area contributed by atoms with Crippen molar-refractivity contribution in [1.82, 2.24) is 9.97 Å². The van der Waals surface area contributed by atoms with Crippen molar-refractivity contribution in [3.63, 3.8) is 0 Å². The van der Waals surface area contributed by atoms with Crippen LogP contribution >= 0.6 is 23.2 Å². The third-order valence-corrected chi connectivity index (χ3v) is 3.80. The first-order valence-electron chi connectivity index (χ1n) is 6.60. The number of halogens is 3. The van der Waals surface area contributed by atoms with E-state index in [4.69, 9.17) is 23.2 Å². The van der Waals surface area contributed by atoms with Crippen LogP contribution in [0, 0.1) is 5.82 Å². The van der Waals surface area contributed by atoms with E-state index in [2.05, 4.69) is 16.5 Å². The van der Waals surface area contributed by atoms with E-state index in [9.17, 15) is 4.39 Å². The summed E-state index contributed by atoms with van der Waals surface area (Å²) >= 11 is 11.8. The van der Waals surface area contributed by atoms with Crippen LogP contribution in [0.2, 0.25) is 10.2 Å². The van der Waals surface area contributed by atoms with Crippen molar-refractivity contribution in [2.75, 3.05) is 0 Å². The lowest BCUT2D eigenvalue weighted by molar-refractivity contribution is 0.628. The van der Waals surface area contributed by atoms with Gasteiger partial charge in [-0.1, -0.05) is 29.3 Å². The fraction of sp³-hybridized carbons (Fsp3) is 0.0588. The Morgan fingerprint density at radius 3 is 2.73 bits per heavy atom. The van der Waals surface area contributed by atoms with Gasteiger partial charge in [0.25, 0.3) is 0 Å². The zero-order valence-electron chi connectivity index (χ0n) is 11.5. The highest BCUT2D eigenvalue weighted by molar-refractivity contribution is 6.31. The smallest absolute Gasteiger partial charge is 0.141 e. The van der Waals surface area contributed by atoms with Crippen molar-refractivity contribution in [3.8, 4) is 11.3 Å². The predicted octanol–water partition coefficient (Wildman–Crippen LogP) is 5.47. The van der Waals surface area contributed by atoms with Crippen LogP contribution in [0.15, 0.2) is 49.2 Å². The second-order valence-corrected chi connectivity index (χ2v) is 5.61. The zero-order valence-corrected chi connectivity index (χ0v) is 13.0. The molecular formula is C17H11Cl2FN2. The molecule has 0 atom stereocenters. The molecule has 0 amide bonds. The van der Waals surface area contributed by atoms with Gasteiger partial charge in [-0.3, -0.25) is 0 Å². The van der Waals surface area contributed by atoms with Gasteiger partial charge in [0.2, 0.25) is 0 Å². The molecule has 0 spiro atoms. The Hall–Kier alpha value is -1.97. The number of hydrogen-bond donors (Lipinski definition) is 0. The van der Waals surface area contributed by atoms with E-state index in [0.29, 0.717) is 17.1 Å². The fourth-order valence-corrected chi connectivity index (χ4v) is 2.65. The van der Waals surface area contributed by atoms with Gasteiger partial charge < -0.3 is 0 Å². The predicted molar refractivity (Wildman–Crippen MR) is 88.9 cm³/mol. The van der Waals surface area contributed by atoms with Gasteiger partial charge in [-0.2, -0.15) is 0 Å². The molecule has 0 saturated carbocycles. The summed E-state index contributed by atoms with van der Waals surface area (Å²) in [4.78, 5) is 8.67. The maximum Gasteiger partial charge on any atom is 0.141 e. The molecule has 0 N–H and O–H groups in total. The zero-order chi connectivity index (χ0) is 15.7. The summed E-state index contributed by atoms with van der Waals surface area (Å²) in [5.74, 6) is -0.454. The quantitative estimate of drug-likeness (QED) is 0.469. The van der Waals surface area contributed by atoms with Crippen molar-refractivity contribution in [1.29, 1.82) is 0 Å². The molecule has 0 aliphatic heterocycles. The Bertz CT molecular complexity index is 878. The lowest BCUT2D eigenvalue weighted by atomic mass is 10.0. The number of aromatic nitrogens is 2. The van der Waals surface area contributed by atoms with Crippen LogP contribution in [0.5, 0.6) is 0 Å². The van der Waals surface area contributed by atoms with Gasteiger partial charge in [0.1, 0.15) is 11.0 Å². The first-order valence-corrected chi connectivity index (χ1v) is 7.35. The Kier molecular flexibility index (Phi) is 4.10. The van der Waals surface area contributed by atoms with Gasteiger partial charge in [-0.15, -0.1) is 6.58 Å². The van der Waals surface area contributed by atoms with Crippen LogP contribution in [-0.2, 0) is 6.42 Å². The molecule has 2 nitrogen and oxygen atoms in total. The van der Waals surface area contributed by atoms with Crippen molar-refractivity contribution in [2.24, 2.45) is 0 Å². The largest absolute Gasteiger partial charge is 0.246 e. The molecule has 0 aliphatic carbocycles. The molecule has 110 valence electrons. The molecule has 22 heavy (non-hydrogen) atoms. The summed E-state index contributed by atoms with van der Waals surface area (Å²) in [5.41, 5.74) is 3.17. The maximum atomic E-state index is 13.4. The minimum Gasteiger partial charge on any atom is -0.246 e. The Balaban J connectivity index is 2.25. The highest BCUT2D eigenvalue weighted by Crippen LogP contribution is 2.29. The average Bonchev–Trinajstić information content (AvgIpc) is 2.50. The lowest BCUT2D eigenvalue weighted by Crippen LogP contribution is -1.95. The van der Waals surface area contributed by atoms with Crippen LogP contribution in [0.1, 0.15) is 5.56 Å². The molecule has 2 heterocycles. The van der Waals surface area contributed by atoms with Crippen molar-refractivity contribution < 1.29 is 4.39 Å². The summed E-state index contributed by atoms with van der Waals surface area (Å²) in [5, 5.41) is 1.38. The standard InChI is InChI=1S/C17H11Cl2FN2/c1-2-3-10-6-12-8-16(19)21-9-15(12)22-17(10)11-4-5-14(20)13(18)7-11/h2,4-9H,1,3H2. The molecule has 0 radical (unpaired) electrons. The minimum atomic E-state index is -0.454. The minimum absolute atomic E-state index is 0.0678. The van der Waals surface area contributed by atoms with Crippen molar-refractivity contribution in [2.45, 2.75) is 6.42 Å². The normalized spacial score (nSPS) is 10.9. The van der Waals surface area contributed by atoms with E-state index < -0.39 is 5.82 Å². The lowest BCUT2D eigenvalue weighted by Gasteiger charge is -2.10. The second kappa shape index (κ2) is 6.03. The number of nitrogens with zero attached hydrogens (tertiary/aromatic N) is 2. The molecule has 2 aromatic heterocycles. The Labute approximate surface area is 137 Å². The summed E-state index contributed by atoms with van der Waals surface area (Å²) in [7, 11) is 0. The van der Waals surface area contributed by atoms with Gasteiger partial charge in [-0.25, -0.2) is 14.4 Å². The molecule has 0 bridgehead atoms. The number of hydrogen-bond acceptors (Lipinski definition) is 2.